The van der Waals surface area contributed by atoms with E-state index < -0.39 is 35.4 Å². The Morgan fingerprint density at radius 1 is 1.18 bits per heavy atom. The molecule has 0 spiro atoms. The number of carbonyl (C=O) groups excluding carboxylic acids is 1. The highest BCUT2D eigenvalue weighted by atomic mass is 35.5. The lowest BCUT2D eigenvalue weighted by Crippen LogP contribution is -2.34. The summed E-state index contributed by atoms with van der Waals surface area (Å²) in [6, 6.07) is 7.60. The van der Waals surface area contributed by atoms with Gasteiger partial charge in [0, 0.05) is 5.02 Å². The predicted molar refractivity (Wildman–Crippen MR) is 74.8 cm³/mol. The van der Waals surface area contributed by atoms with Crippen LogP contribution in [-0.4, -0.2) is 10.5 Å². The highest BCUT2D eigenvalue weighted by Gasteiger charge is 2.35. The lowest BCUT2D eigenvalue weighted by molar-refractivity contribution is -0.144. The van der Waals surface area contributed by atoms with Gasteiger partial charge in [-0.2, -0.15) is 13.2 Å². The Morgan fingerprint density at radius 3 is 2.36 bits per heavy atom. The van der Waals surface area contributed by atoms with Crippen LogP contribution in [-0.2, 0) is 12.7 Å². The van der Waals surface area contributed by atoms with Gasteiger partial charge in [-0.05, 0) is 23.8 Å². The Balaban J connectivity index is 2.66. The molecule has 0 bridgehead atoms. The summed E-state index contributed by atoms with van der Waals surface area (Å²) in [5.74, 6) is -1.09. The monoisotopic (exact) mass is 330 g/mol. The van der Waals surface area contributed by atoms with Crippen molar-refractivity contribution in [1.29, 1.82) is 0 Å². The average molecular weight is 331 g/mol. The Kier molecular flexibility index (Phi) is 4.27. The zero-order valence-electron chi connectivity index (χ0n) is 11.0. The molecule has 1 heterocycles. The number of carbonyl (C=O) groups is 1. The number of amides is 1. The van der Waals surface area contributed by atoms with Crippen LogP contribution in [0.5, 0.6) is 0 Å². The van der Waals surface area contributed by atoms with Crippen LogP contribution < -0.4 is 11.3 Å². The Hall–Kier alpha value is -2.28. The molecule has 0 aliphatic carbocycles. The number of nitrogens with two attached hydrogens (primary N) is 1. The van der Waals surface area contributed by atoms with Crippen LogP contribution in [0.15, 0.2) is 41.2 Å². The minimum absolute atomic E-state index is 0.215. The maximum Gasteiger partial charge on any atom is 0.431 e. The van der Waals surface area contributed by atoms with E-state index in [2.05, 4.69) is 0 Å². The van der Waals surface area contributed by atoms with Crippen molar-refractivity contribution in [3.05, 3.63) is 68.6 Å². The predicted octanol–water partition coefficient (Wildman–Crippen LogP) is 2.67. The van der Waals surface area contributed by atoms with E-state index >= 15 is 0 Å². The van der Waals surface area contributed by atoms with Gasteiger partial charge in [0.1, 0.15) is 11.3 Å². The molecule has 2 aromatic rings. The summed E-state index contributed by atoms with van der Waals surface area (Å²) in [6.07, 6.45) is -4.75. The number of benzene rings is 1. The molecule has 1 amide bonds. The normalized spacial score (nSPS) is 11.5. The second-order valence-electron chi connectivity index (χ2n) is 4.48. The van der Waals surface area contributed by atoms with Gasteiger partial charge in [0.25, 0.3) is 11.5 Å². The second-order valence-corrected chi connectivity index (χ2v) is 4.88. The molecule has 116 valence electrons. The molecule has 4 nitrogen and oxygen atoms in total. The van der Waals surface area contributed by atoms with E-state index in [0.717, 1.165) is 6.07 Å². The van der Waals surface area contributed by atoms with E-state index in [1.807, 2.05) is 0 Å². The first kappa shape index (κ1) is 16.1. The van der Waals surface area contributed by atoms with E-state index in [1.165, 1.54) is 12.1 Å². The third-order valence-electron chi connectivity index (χ3n) is 3.02. The Morgan fingerprint density at radius 2 is 1.82 bits per heavy atom. The summed E-state index contributed by atoms with van der Waals surface area (Å²) in [7, 11) is 0. The maximum absolute atomic E-state index is 13.1. The number of halogens is 4. The number of hydrogen-bond donors (Lipinski definition) is 1. The standard InChI is InChI=1S/C14H10ClF3N2O2/c15-10-4-2-1-3-8(10)7-20-11(14(16,17)18)6-5-9(12(19)21)13(20)22/h1-6H,7H2,(H2,19,21). The fraction of sp³-hybridized carbons (Fsp3) is 0.143. The minimum atomic E-state index is -4.75. The van der Waals surface area contributed by atoms with Gasteiger partial charge in [0.2, 0.25) is 0 Å². The van der Waals surface area contributed by atoms with Crippen molar-refractivity contribution in [2.75, 3.05) is 0 Å². The molecule has 0 saturated heterocycles. The average Bonchev–Trinajstić information content (AvgIpc) is 2.41. The number of alkyl halides is 3. The summed E-state index contributed by atoms with van der Waals surface area (Å²) in [4.78, 5) is 23.3. The van der Waals surface area contributed by atoms with Crippen molar-refractivity contribution < 1.29 is 18.0 Å². The molecule has 0 aliphatic rings. The lowest BCUT2D eigenvalue weighted by Gasteiger charge is -2.16. The highest BCUT2D eigenvalue weighted by molar-refractivity contribution is 6.31. The second kappa shape index (κ2) is 5.84. The minimum Gasteiger partial charge on any atom is -0.365 e. The van der Waals surface area contributed by atoms with E-state index in [-0.39, 0.29) is 5.02 Å². The van der Waals surface area contributed by atoms with Crippen molar-refractivity contribution in [1.82, 2.24) is 4.57 Å². The van der Waals surface area contributed by atoms with Gasteiger partial charge < -0.3 is 5.73 Å². The fourth-order valence-corrected chi connectivity index (χ4v) is 2.16. The van der Waals surface area contributed by atoms with E-state index in [9.17, 15) is 22.8 Å². The molecule has 2 rings (SSSR count). The largest absolute Gasteiger partial charge is 0.431 e. The van der Waals surface area contributed by atoms with Crippen molar-refractivity contribution in [2.24, 2.45) is 5.73 Å². The maximum atomic E-state index is 13.1. The van der Waals surface area contributed by atoms with Gasteiger partial charge in [-0.1, -0.05) is 29.8 Å². The van der Waals surface area contributed by atoms with Crippen LogP contribution in [0, 0.1) is 0 Å². The van der Waals surface area contributed by atoms with Gasteiger partial charge in [0.15, 0.2) is 0 Å². The number of aromatic nitrogens is 1. The molecule has 2 N–H and O–H groups in total. The van der Waals surface area contributed by atoms with E-state index in [0.29, 0.717) is 16.2 Å². The quantitative estimate of drug-likeness (QED) is 0.940. The Labute approximate surface area is 127 Å². The molecular formula is C14H10ClF3N2O2. The van der Waals surface area contributed by atoms with E-state index in [4.69, 9.17) is 17.3 Å². The van der Waals surface area contributed by atoms with Crippen LogP contribution in [0.4, 0.5) is 13.2 Å². The summed E-state index contributed by atoms with van der Waals surface area (Å²) >= 11 is 5.91. The molecular weight excluding hydrogens is 321 g/mol. The molecule has 0 aliphatic heterocycles. The lowest BCUT2D eigenvalue weighted by atomic mass is 10.1. The zero-order valence-corrected chi connectivity index (χ0v) is 11.8. The van der Waals surface area contributed by atoms with Gasteiger partial charge in [0.05, 0.1) is 6.54 Å². The number of hydrogen-bond acceptors (Lipinski definition) is 2. The number of nitrogens with zero attached hydrogens (tertiary/aromatic N) is 1. The molecule has 22 heavy (non-hydrogen) atoms. The highest BCUT2D eigenvalue weighted by Crippen LogP contribution is 2.29. The van der Waals surface area contributed by atoms with Crippen molar-refractivity contribution in [3.8, 4) is 0 Å². The zero-order chi connectivity index (χ0) is 16.5. The smallest absolute Gasteiger partial charge is 0.365 e. The van der Waals surface area contributed by atoms with Crippen molar-refractivity contribution in [3.63, 3.8) is 0 Å². The summed E-state index contributed by atoms with van der Waals surface area (Å²) in [6.45, 7) is -0.422. The number of rotatable bonds is 3. The van der Waals surface area contributed by atoms with Gasteiger partial charge >= 0.3 is 6.18 Å². The first-order chi connectivity index (χ1) is 10.2. The molecule has 0 radical (unpaired) electrons. The first-order valence-corrected chi connectivity index (χ1v) is 6.44. The van der Waals surface area contributed by atoms with E-state index in [1.54, 1.807) is 12.1 Å². The molecule has 1 aromatic carbocycles. The molecule has 0 atom stereocenters. The fourth-order valence-electron chi connectivity index (χ4n) is 1.97. The third kappa shape index (κ3) is 3.14. The number of primary amides is 1. The molecule has 0 saturated carbocycles. The molecule has 0 unspecified atom stereocenters. The topological polar surface area (TPSA) is 65.1 Å². The van der Waals surface area contributed by atoms with Crippen LogP contribution in [0.2, 0.25) is 5.02 Å². The number of pyridine rings is 1. The van der Waals surface area contributed by atoms with Gasteiger partial charge in [-0.15, -0.1) is 0 Å². The summed E-state index contributed by atoms with van der Waals surface area (Å²) in [5, 5.41) is 0.215. The summed E-state index contributed by atoms with van der Waals surface area (Å²) < 4.78 is 39.6. The van der Waals surface area contributed by atoms with Crippen LogP contribution in [0.25, 0.3) is 0 Å². The molecule has 1 aromatic heterocycles. The Bertz CT molecular complexity index is 784. The summed E-state index contributed by atoms with van der Waals surface area (Å²) in [5.41, 5.74) is 2.52. The van der Waals surface area contributed by atoms with Gasteiger partial charge in [-0.25, -0.2) is 0 Å². The van der Waals surface area contributed by atoms with Crippen molar-refractivity contribution >= 4 is 17.5 Å². The van der Waals surface area contributed by atoms with Gasteiger partial charge in [-0.3, -0.25) is 14.2 Å². The van der Waals surface area contributed by atoms with Crippen LogP contribution in [0.1, 0.15) is 21.6 Å². The van der Waals surface area contributed by atoms with Crippen LogP contribution >= 0.6 is 11.6 Å². The molecule has 8 heteroatoms. The molecule has 0 fully saturated rings. The van der Waals surface area contributed by atoms with Crippen LogP contribution in [0.3, 0.4) is 0 Å². The SMILES string of the molecule is NC(=O)c1ccc(C(F)(F)F)n(Cc2ccccc2Cl)c1=O. The first-order valence-electron chi connectivity index (χ1n) is 6.06. The van der Waals surface area contributed by atoms with Crippen molar-refractivity contribution in [2.45, 2.75) is 12.7 Å². The third-order valence-corrected chi connectivity index (χ3v) is 3.39.